The fourth-order valence-corrected chi connectivity index (χ4v) is 5.21. The lowest BCUT2D eigenvalue weighted by atomic mass is 9.63. The maximum absolute atomic E-state index is 12.3. The molecule has 0 unspecified atom stereocenters. The summed E-state index contributed by atoms with van der Waals surface area (Å²) in [6.45, 7) is 0. The van der Waals surface area contributed by atoms with Crippen LogP contribution in [0.3, 0.4) is 0 Å². The van der Waals surface area contributed by atoms with Crippen molar-refractivity contribution in [2.75, 3.05) is 0 Å². The zero-order valence-electron chi connectivity index (χ0n) is 18.5. The van der Waals surface area contributed by atoms with Crippen molar-refractivity contribution in [1.82, 2.24) is 0 Å². The molecule has 4 atom stereocenters. The Kier molecular flexibility index (Phi) is 6.77. The molecule has 6 nitrogen and oxygen atoms in total. The minimum Gasteiger partial charge on any atom is -0.481 e. The van der Waals surface area contributed by atoms with E-state index in [0.717, 1.165) is 16.7 Å². The average molecular weight is 459 g/mol. The van der Waals surface area contributed by atoms with Gasteiger partial charge in [0, 0.05) is 0 Å². The average Bonchev–Trinajstić information content (AvgIpc) is 2.84. The van der Waals surface area contributed by atoms with Gasteiger partial charge in [0.25, 0.3) is 0 Å². The van der Waals surface area contributed by atoms with Gasteiger partial charge in [-0.25, -0.2) is 9.59 Å². The molecule has 1 aliphatic rings. The van der Waals surface area contributed by atoms with Gasteiger partial charge in [-0.2, -0.15) is 0 Å². The van der Waals surface area contributed by atoms with E-state index < -0.39 is 23.8 Å². The van der Waals surface area contributed by atoms with Gasteiger partial charge in [0.2, 0.25) is 0 Å². The molecule has 0 amide bonds. The maximum atomic E-state index is 12.3. The van der Waals surface area contributed by atoms with E-state index in [-0.39, 0.29) is 28.9 Å². The summed E-state index contributed by atoms with van der Waals surface area (Å²) in [6.07, 6.45) is 1.69. The summed E-state index contributed by atoms with van der Waals surface area (Å²) in [4.78, 5) is 34.9. The number of carboxylic acid groups (broad SMARTS) is 3. The summed E-state index contributed by atoms with van der Waals surface area (Å²) in [5.41, 5.74) is 3.31. The highest BCUT2D eigenvalue weighted by molar-refractivity contribution is 5.88. The highest BCUT2D eigenvalue weighted by atomic mass is 16.4. The number of rotatable bonds is 7. The first-order valence-corrected chi connectivity index (χ1v) is 11.3. The van der Waals surface area contributed by atoms with Gasteiger partial charge in [-0.15, -0.1) is 0 Å². The molecule has 0 saturated heterocycles. The van der Waals surface area contributed by atoms with Crippen LogP contribution in [-0.2, 0) is 11.2 Å². The summed E-state index contributed by atoms with van der Waals surface area (Å²) < 4.78 is 0. The Balaban J connectivity index is 1.72. The van der Waals surface area contributed by atoms with Crippen molar-refractivity contribution >= 4 is 17.9 Å². The third-order valence-electron chi connectivity index (χ3n) is 6.95. The molecular weight excluding hydrogens is 432 g/mol. The number of hydrogen-bond donors (Lipinski definition) is 3. The van der Waals surface area contributed by atoms with E-state index in [1.807, 2.05) is 42.5 Å². The van der Waals surface area contributed by atoms with Crippen LogP contribution in [0.5, 0.6) is 0 Å². The van der Waals surface area contributed by atoms with E-state index in [9.17, 15) is 29.7 Å². The quantitative estimate of drug-likeness (QED) is 0.443. The standard InChI is InChI=1S/C28H26O6/c29-26(30)20-10-6-18(7-11-20)23-15-22(14-17-4-2-1-3-5-17)25(28(33)34)16-24(23)19-8-12-21(13-9-19)27(31)32/h1-13,22-25H,14-16H2,(H,29,30)(H,31,32)(H,33,34)/t22-,23-,24-,25-/m1/s1. The first-order valence-electron chi connectivity index (χ1n) is 11.3. The number of hydrogen-bond acceptors (Lipinski definition) is 3. The molecule has 0 spiro atoms. The minimum absolute atomic E-state index is 0.0252. The van der Waals surface area contributed by atoms with E-state index >= 15 is 0 Å². The molecule has 6 heteroatoms. The van der Waals surface area contributed by atoms with Gasteiger partial charge in [0.15, 0.2) is 0 Å². The van der Waals surface area contributed by atoms with Crippen molar-refractivity contribution in [1.29, 1.82) is 0 Å². The molecule has 0 bridgehead atoms. The van der Waals surface area contributed by atoms with Gasteiger partial charge in [0.1, 0.15) is 0 Å². The Labute approximate surface area is 197 Å². The molecule has 0 heterocycles. The van der Waals surface area contributed by atoms with Crippen LogP contribution in [0.1, 0.15) is 62.1 Å². The number of benzene rings is 3. The molecule has 3 aromatic carbocycles. The third-order valence-corrected chi connectivity index (χ3v) is 6.95. The monoisotopic (exact) mass is 458 g/mol. The van der Waals surface area contributed by atoms with Crippen molar-refractivity contribution in [3.63, 3.8) is 0 Å². The normalized spacial score (nSPS) is 22.1. The highest BCUT2D eigenvalue weighted by Gasteiger charge is 2.41. The predicted molar refractivity (Wildman–Crippen MR) is 126 cm³/mol. The molecular formula is C28H26O6. The number of aliphatic carboxylic acids is 1. The molecule has 1 fully saturated rings. The molecule has 1 aliphatic carbocycles. The van der Waals surface area contributed by atoms with Crippen LogP contribution in [0.4, 0.5) is 0 Å². The van der Waals surface area contributed by atoms with E-state index in [0.29, 0.717) is 19.3 Å². The predicted octanol–water partition coefficient (Wildman–Crippen LogP) is 5.30. The first kappa shape index (κ1) is 23.2. The Bertz CT molecular complexity index is 1170. The fourth-order valence-electron chi connectivity index (χ4n) is 5.21. The molecule has 174 valence electrons. The third kappa shape index (κ3) is 5.01. The lowest BCUT2D eigenvalue weighted by Crippen LogP contribution is -2.35. The van der Waals surface area contributed by atoms with Crippen molar-refractivity contribution in [3.05, 3.63) is 107 Å². The molecule has 0 radical (unpaired) electrons. The van der Waals surface area contributed by atoms with E-state index in [1.165, 1.54) is 0 Å². The van der Waals surface area contributed by atoms with Gasteiger partial charge in [0.05, 0.1) is 17.0 Å². The molecule has 1 saturated carbocycles. The van der Waals surface area contributed by atoms with Crippen molar-refractivity contribution in [2.24, 2.45) is 11.8 Å². The van der Waals surface area contributed by atoms with E-state index in [2.05, 4.69) is 0 Å². The second kappa shape index (κ2) is 9.91. The second-order valence-electron chi connectivity index (χ2n) is 8.93. The van der Waals surface area contributed by atoms with Crippen LogP contribution in [0.15, 0.2) is 78.9 Å². The van der Waals surface area contributed by atoms with Crippen molar-refractivity contribution in [3.8, 4) is 0 Å². The summed E-state index contributed by atoms with van der Waals surface area (Å²) in [6, 6.07) is 23.3. The van der Waals surface area contributed by atoms with E-state index in [1.54, 1.807) is 36.4 Å². The SMILES string of the molecule is O=C(O)c1ccc([C@H]2C[C@@H](Cc3ccccc3)[C@H](C(=O)O)C[C@@H]2c2ccc(C(=O)O)cc2)cc1. The molecule has 0 aromatic heterocycles. The largest absolute Gasteiger partial charge is 0.481 e. The summed E-state index contributed by atoms with van der Waals surface area (Å²) in [7, 11) is 0. The lowest BCUT2D eigenvalue weighted by Gasteiger charge is -2.41. The zero-order valence-corrected chi connectivity index (χ0v) is 18.5. The molecule has 3 N–H and O–H groups in total. The Morgan fingerprint density at radius 1 is 0.647 bits per heavy atom. The molecule has 0 aliphatic heterocycles. The number of carbonyl (C=O) groups is 3. The van der Waals surface area contributed by atoms with Crippen LogP contribution in [0, 0.1) is 11.8 Å². The zero-order chi connectivity index (χ0) is 24.2. The van der Waals surface area contributed by atoms with Crippen LogP contribution in [0.2, 0.25) is 0 Å². The van der Waals surface area contributed by atoms with Crippen LogP contribution >= 0.6 is 0 Å². The minimum atomic E-state index is -1.01. The smallest absolute Gasteiger partial charge is 0.335 e. The summed E-state index contributed by atoms with van der Waals surface area (Å²) in [5, 5.41) is 28.6. The first-order chi connectivity index (χ1) is 16.3. The van der Waals surface area contributed by atoms with Crippen LogP contribution in [-0.4, -0.2) is 33.2 Å². The Morgan fingerprint density at radius 3 is 1.56 bits per heavy atom. The van der Waals surface area contributed by atoms with Crippen molar-refractivity contribution in [2.45, 2.75) is 31.1 Å². The maximum Gasteiger partial charge on any atom is 0.335 e. The molecule has 4 rings (SSSR count). The Morgan fingerprint density at radius 2 is 1.12 bits per heavy atom. The second-order valence-corrected chi connectivity index (χ2v) is 8.93. The van der Waals surface area contributed by atoms with Gasteiger partial charge < -0.3 is 15.3 Å². The Hall–Kier alpha value is -3.93. The summed E-state index contributed by atoms with van der Waals surface area (Å²) >= 11 is 0. The molecule has 3 aromatic rings. The lowest BCUT2D eigenvalue weighted by molar-refractivity contribution is -0.145. The van der Waals surface area contributed by atoms with Crippen LogP contribution < -0.4 is 0 Å². The van der Waals surface area contributed by atoms with Gasteiger partial charge >= 0.3 is 17.9 Å². The number of carboxylic acids is 3. The number of aromatic carboxylic acids is 2. The summed E-state index contributed by atoms with van der Waals surface area (Å²) in [5.74, 6) is -3.62. The van der Waals surface area contributed by atoms with Crippen LogP contribution in [0.25, 0.3) is 0 Å². The highest BCUT2D eigenvalue weighted by Crippen LogP contribution is 2.49. The van der Waals surface area contributed by atoms with Gasteiger partial charge in [-0.05, 0) is 78.0 Å². The van der Waals surface area contributed by atoms with Gasteiger partial charge in [-0.3, -0.25) is 4.79 Å². The fraction of sp³-hybridized carbons (Fsp3) is 0.250. The topological polar surface area (TPSA) is 112 Å². The van der Waals surface area contributed by atoms with Crippen molar-refractivity contribution < 1.29 is 29.7 Å². The van der Waals surface area contributed by atoms with E-state index in [4.69, 9.17) is 0 Å². The van der Waals surface area contributed by atoms with Gasteiger partial charge in [-0.1, -0.05) is 54.6 Å². The molecule has 34 heavy (non-hydrogen) atoms.